The molecule has 0 spiro atoms. The van der Waals surface area contributed by atoms with Crippen molar-refractivity contribution in [3.8, 4) is 5.88 Å². The van der Waals surface area contributed by atoms with E-state index in [0.717, 1.165) is 7.11 Å². The van der Waals surface area contributed by atoms with Crippen molar-refractivity contribution in [1.29, 1.82) is 0 Å². The number of alkyl halides is 3. The topological polar surface area (TPSA) is 89.0 Å². The lowest BCUT2D eigenvalue weighted by atomic mass is 10.1. The number of carboxylic acid groups (broad SMARTS) is 1. The van der Waals surface area contributed by atoms with Crippen molar-refractivity contribution in [2.75, 3.05) is 7.11 Å². The van der Waals surface area contributed by atoms with Gasteiger partial charge in [0, 0.05) is 6.07 Å². The van der Waals surface area contributed by atoms with E-state index in [1.54, 1.807) is 0 Å². The number of carbonyl (C=O) groups excluding carboxylic acids is 1. The van der Waals surface area contributed by atoms with Gasteiger partial charge in [-0.2, -0.15) is 13.2 Å². The van der Waals surface area contributed by atoms with Crippen LogP contribution in [0.1, 0.15) is 24.3 Å². The number of halogens is 3. The fourth-order valence-electron chi connectivity index (χ4n) is 2.07. The molecule has 2 heterocycles. The molecule has 22 heavy (non-hydrogen) atoms. The van der Waals surface area contributed by atoms with Gasteiger partial charge in [0.2, 0.25) is 5.88 Å². The molecule has 2 rings (SSSR count). The van der Waals surface area contributed by atoms with Crippen molar-refractivity contribution in [1.82, 2.24) is 9.88 Å². The fourth-order valence-corrected chi connectivity index (χ4v) is 2.07. The minimum absolute atomic E-state index is 0.240. The number of imide groups is 1. The Balaban J connectivity index is 2.45. The van der Waals surface area contributed by atoms with Crippen LogP contribution in [0.2, 0.25) is 0 Å². The molecule has 0 radical (unpaired) electrons. The van der Waals surface area contributed by atoms with Gasteiger partial charge in [0.15, 0.2) is 6.10 Å². The molecule has 1 aromatic rings. The van der Waals surface area contributed by atoms with E-state index < -0.39 is 36.1 Å². The number of ether oxygens (including phenoxy) is 2. The van der Waals surface area contributed by atoms with Gasteiger partial charge in [0.25, 0.3) is 0 Å². The number of hydrogen-bond acceptors (Lipinski definition) is 5. The van der Waals surface area contributed by atoms with Crippen molar-refractivity contribution < 1.29 is 37.3 Å². The minimum atomic E-state index is -4.65. The number of methoxy groups -OCH3 is 1. The molecule has 0 aliphatic carbocycles. The molecule has 1 aliphatic heterocycles. The molecule has 1 fully saturated rings. The van der Waals surface area contributed by atoms with Crippen molar-refractivity contribution in [2.45, 2.75) is 25.2 Å². The Hall–Kier alpha value is -2.52. The standard InChI is InChI=1S/C12H11F3N2O5/c1-5-9(22-11(20)17(5)10(18)19)7-3-6(12(13,14)15)4-8(16-7)21-2/h3-5,9H,1-2H3,(H,18,19)/t5-,9-/m0/s1. The number of rotatable bonds is 2. The Bertz CT molecular complexity index is 619. The molecule has 7 nitrogen and oxygen atoms in total. The average molecular weight is 320 g/mol. The second-order valence-electron chi connectivity index (χ2n) is 4.52. The molecule has 0 bridgehead atoms. The summed E-state index contributed by atoms with van der Waals surface area (Å²) in [4.78, 5) is 26.6. The summed E-state index contributed by atoms with van der Waals surface area (Å²) in [5.74, 6) is -0.318. The van der Waals surface area contributed by atoms with Crippen LogP contribution in [-0.2, 0) is 10.9 Å². The van der Waals surface area contributed by atoms with Crippen LogP contribution in [-0.4, -0.2) is 40.3 Å². The van der Waals surface area contributed by atoms with Gasteiger partial charge in [-0.25, -0.2) is 19.5 Å². The Kier molecular flexibility index (Phi) is 3.86. The van der Waals surface area contributed by atoms with Crippen LogP contribution in [0.4, 0.5) is 22.8 Å². The van der Waals surface area contributed by atoms with Gasteiger partial charge >= 0.3 is 18.4 Å². The van der Waals surface area contributed by atoms with Crippen LogP contribution in [0.15, 0.2) is 12.1 Å². The van der Waals surface area contributed by atoms with Crippen molar-refractivity contribution in [3.05, 3.63) is 23.4 Å². The molecule has 1 saturated heterocycles. The molecule has 2 amide bonds. The maximum atomic E-state index is 12.9. The molecular weight excluding hydrogens is 309 g/mol. The molecule has 0 aromatic carbocycles. The van der Waals surface area contributed by atoms with E-state index in [1.807, 2.05) is 0 Å². The van der Waals surface area contributed by atoms with Crippen molar-refractivity contribution >= 4 is 12.2 Å². The quantitative estimate of drug-likeness (QED) is 0.901. The normalized spacial score (nSPS) is 21.7. The van der Waals surface area contributed by atoms with E-state index >= 15 is 0 Å². The van der Waals surface area contributed by atoms with Crippen LogP contribution in [0, 0.1) is 0 Å². The Morgan fingerprint density at radius 1 is 1.45 bits per heavy atom. The molecule has 10 heteroatoms. The highest BCUT2D eigenvalue weighted by atomic mass is 19.4. The van der Waals surface area contributed by atoms with E-state index in [-0.39, 0.29) is 11.6 Å². The number of cyclic esters (lactones) is 1. The first-order valence-corrected chi connectivity index (χ1v) is 6.01. The summed E-state index contributed by atoms with van der Waals surface area (Å²) in [6.07, 6.45) is -8.62. The second kappa shape index (κ2) is 5.35. The SMILES string of the molecule is COc1cc(C(F)(F)F)cc([C@H]2OC(=O)N(C(=O)O)[C@H]2C)n1. The second-order valence-corrected chi connectivity index (χ2v) is 4.52. The smallest absolute Gasteiger partial charge is 0.420 e. The molecule has 2 atom stereocenters. The number of nitrogens with zero attached hydrogens (tertiary/aromatic N) is 2. The molecule has 1 aromatic heterocycles. The van der Waals surface area contributed by atoms with Gasteiger partial charge in [0.1, 0.15) is 0 Å². The molecule has 1 N–H and O–H groups in total. The maximum absolute atomic E-state index is 12.9. The summed E-state index contributed by atoms with van der Waals surface area (Å²) in [5.41, 5.74) is -1.28. The van der Waals surface area contributed by atoms with Crippen molar-refractivity contribution in [2.24, 2.45) is 0 Å². The highest BCUT2D eigenvalue weighted by Gasteiger charge is 2.45. The molecule has 0 saturated carbocycles. The van der Waals surface area contributed by atoms with E-state index in [1.165, 1.54) is 6.92 Å². The van der Waals surface area contributed by atoms with Gasteiger partial charge < -0.3 is 14.6 Å². The summed E-state index contributed by atoms with van der Waals surface area (Å²) in [7, 11) is 1.14. The largest absolute Gasteiger partial charge is 0.481 e. The fraction of sp³-hybridized carbons (Fsp3) is 0.417. The third kappa shape index (κ3) is 2.76. The van der Waals surface area contributed by atoms with Gasteiger partial charge in [0.05, 0.1) is 24.4 Å². The predicted octanol–water partition coefficient (Wildman–Crippen LogP) is 2.67. The van der Waals surface area contributed by atoms with Gasteiger partial charge in [-0.15, -0.1) is 0 Å². The zero-order valence-electron chi connectivity index (χ0n) is 11.4. The summed E-state index contributed by atoms with van der Waals surface area (Å²) in [5, 5.41) is 8.90. The third-order valence-corrected chi connectivity index (χ3v) is 3.13. The number of carbonyl (C=O) groups is 2. The highest BCUT2D eigenvalue weighted by molar-refractivity contribution is 5.88. The number of aromatic nitrogens is 1. The van der Waals surface area contributed by atoms with Crippen LogP contribution >= 0.6 is 0 Å². The highest BCUT2D eigenvalue weighted by Crippen LogP contribution is 2.36. The van der Waals surface area contributed by atoms with E-state index in [2.05, 4.69) is 4.98 Å². The Labute approximate surface area is 122 Å². The summed E-state index contributed by atoms with van der Waals surface area (Å²) < 4.78 is 48.1. The van der Waals surface area contributed by atoms with Crippen molar-refractivity contribution in [3.63, 3.8) is 0 Å². The van der Waals surface area contributed by atoms with Crippen LogP contribution in [0.25, 0.3) is 0 Å². The van der Waals surface area contributed by atoms with Gasteiger partial charge in [-0.05, 0) is 13.0 Å². The number of pyridine rings is 1. The van der Waals surface area contributed by atoms with E-state index in [0.29, 0.717) is 17.0 Å². The number of hydrogen-bond donors (Lipinski definition) is 1. The number of amides is 2. The lowest BCUT2D eigenvalue weighted by molar-refractivity contribution is -0.137. The van der Waals surface area contributed by atoms with Crippen LogP contribution < -0.4 is 4.74 Å². The minimum Gasteiger partial charge on any atom is -0.481 e. The predicted molar refractivity (Wildman–Crippen MR) is 64.3 cm³/mol. The maximum Gasteiger partial charge on any atom is 0.420 e. The van der Waals surface area contributed by atoms with Gasteiger partial charge in [-0.1, -0.05) is 0 Å². The van der Waals surface area contributed by atoms with E-state index in [9.17, 15) is 22.8 Å². The first-order chi connectivity index (χ1) is 10.1. The molecule has 1 aliphatic rings. The lowest BCUT2D eigenvalue weighted by Gasteiger charge is -2.17. The first-order valence-electron chi connectivity index (χ1n) is 6.01. The molecule has 120 valence electrons. The van der Waals surface area contributed by atoms with Gasteiger partial charge in [-0.3, -0.25) is 0 Å². The third-order valence-electron chi connectivity index (χ3n) is 3.13. The van der Waals surface area contributed by atoms with E-state index in [4.69, 9.17) is 14.6 Å². The monoisotopic (exact) mass is 320 g/mol. The molecular formula is C12H11F3N2O5. The Morgan fingerprint density at radius 3 is 2.55 bits per heavy atom. The summed E-state index contributed by atoms with van der Waals surface area (Å²) >= 11 is 0. The van der Waals surface area contributed by atoms with Crippen LogP contribution in [0.3, 0.4) is 0 Å². The summed E-state index contributed by atoms with van der Waals surface area (Å²) in [6, 6.07) is 0.369. The average Bonchev–Trinajstić information content (AvgIpc) is 2.72. The first kappa shape index (κ1) is 15.9. The lowest BCUT2D eigenvalue weighted by Crippen LogP contribution is -2.36. The zero-order chi connectivity index (χ0) is 16.7. The van der Waals surface area contributed by atoms with Crippen LogP contribution in [0.5, 0.6) is 5.88 Å². The zero-order valence-corrected chi connectivity index (χ0v) is 11.4. The summed E-state index contributed by atoms with van der Waals surface area (Å²) in [6.45, 7) is 1.33. The Morgan fingerprint density at radius 2 is 2.09 bits per heavy atom. The molecule has 0 unspecified atom stereocenters.